The SMILES string of the molecule is SCCC#Cc1cncnc1. The molecule has 1 aromatic rings. The van der Waals surface area contributed by atoms with Crippen LogP contribution in [0.4, 0.5) is 0 Å². The van der Waals surface area contributed by atoms with Gasteiger partial charge in [0.15, 0.2) is 0 Å². The van der Waals surface area contributed by atoms with Crippen molar-refractivity contribution in [1.29, 1.82) is 0 Å². The smallest absolute Gasteiger partial charge is 0.115 e. The van der Waals surface area contributed by atoms with E-state index >= 15 is 0 Å². The summed E-state index contributed by atoms with van der Waals surface area (Å²) in [7, 11) is 0. The van der Waals surface area contributed by atoms with E-state index in [-0.39, 0.29) is 0 Å². The van der Waals surface area contributed by atoms with Gasteiger partial charge in [-0.25, -0.2) is 9.97 Å². The van der Waals surface area contributed by atoms with E-state index in [1.165, 1.54) is 6.33 Å². The summed E-state index contributed by atoms with van der Waals surface area (Å²) in [6.07, 6.45) is 5.68. The van der Waals surface area contributed by atoms with E-state index in [0.29, 0.717) is 0 Å². The molecule has 1 aromatic heterocycles. The standard InChI is InChI=1S/C8H8N2S/c11-4-2-1-3-8-5-9-7-10-6-8/h5-7,11H,2,4H2. The van der Waals surface area contributed by atoms with E-state index in [4.69, 9.17) is 0 Å². The van der Waals surface area contributed by atoms with Gasteiger partial charge in [-0.15, -0.1) is 0 Å². The predicted molar refractivity (Wildman–Crippen MR) is 47.4 cm³/mol. The van der Waals surface area contributed by atoms with Gasteiger partial charge in [-0.05, 0) is 0 Å². The lowest BCUT2D eigenvalue weighted by Crippen LogP contribution is -1.79. The normalized spacial score (nSPS) is 8.45. The van der Waals surface area contributed by atoms with Crippen LogP contribution in [0.25, 0.3) is 0 Å². The Balaban J connectivity index is 2.59. The summed E-state index contributed by atoms with van der Waals surface area (Å²) in [6, 6.07) is 0. The Kier molecular flexibility index (Phi) is 3.49. The molecule has 11 heavy (non-hydrogen) atoms. The fourth-order valence-corrected chi connectivity index (χ4v) is 0.696. The Morgan fingerprint density at radius 1 is 1.36 bits per heavy atom. The first-order chi connectivity index (χ1) is 5.43. The van der Waals surface area contributed by atoms with Crippen LogP contribution in [0.1, 0.15) is 12.0 Å². The van der Waals surface area contributed by atoms with Crippen LogP contribution < -0.4 is 0 Å². The number of hydrogen-bond acceptors (Lipinski definition) is 3. The van der Waals surface area contributed by atoms with Gasteiger partial charge in [0.25, 0.3) is 0 Å². The highest BCUT2D eigenvalue weighted by Crippen LogP contribution is 1.89. The zero-order valence-corrected chi connectivity index (χ0v) is 6.88. The van der Waals surface area contributed by atoms with E-state index in [1.807, 2.05) is 0 Å². The molecule has 0 saturated heterocycles. The Morgan fingerprint density at radius 2 is 2.09 bits per heavy atom. The molecule has 0 aliphatic carbocycles. The zero-order chi connectivity index (χ0) is 7.94. The third-order valence-electron chi connectivity index (χ3n) is 1.03. The van der Waals surface area contributed by atoms with Gasteiger partial charge in [0, 0.05) is 24.6 Å². The highest BCUT2D eigenvalue weighted by atomic mass is 32.1. The minimum absolute atomic E-state index is 0.792. The maximum Gasteiger partial charge on any atom is 0.115 e. The van der Waals surface area contributed by atoms with Crippen LogP contribution in [0.5, 0.6) is 0 Å². The average Bonchev–Trinajstić information content (AvgIpc) is 2.07. The van der Waals surface area contributed by atoms with Crippen LogP contribution in [0, 0.1) is 11.8 Å². The van der Waals surface area contributed by atoms with E-state index in [9.17, 15) is 0 Å². The molecular formula is C8H8N2S. The summed E-state index contributed by atoms with van der Waals surface area (Å²) >= 11 is 4.03. The molecule has 56 valence electrons. The molecule has 0 aliphatic heterocycles. The van der Waals surface area contributed by atoms with Crippen LogP contribution in [-0.4, -0.2) is 15.7 Å². The van der Waals surface area contributed by atoms with Crippen LogP contribution in [0.2, 0.25) is 0 Å². The Labute approximate surface area is 71.5 Å². The summed E-state index contributed by atoms with van der Waals surface area (Å²) in [6.45, 7) is 0. The maximum absolute atomic E-state index is 4.03. The number of rotatable bonds is 1. The monoisotopic (exact) mass is 164 g/mol. The molecule has 0 N–H and O–H groups in total. The van der Waals surface area contributed by atoms with Crippen molar-refractivity contribution in [2.45, 2.75) is 6.42 Å². The fraction of sp³-hybridized carbons (Fsp3) is 0.250. The molecule has 0 amide bonds. The van der Waals surface area contributed by atoms with Crippen molar-refractivity contribution in [3.8, 4) is 11.8 Å². The molecule has 0 spiro atoms. The molecule has 0 fully saturated rings. The lowest BCUT2D eigenvalue weighted by molar-refractivity contribution is 1.15. The third-order valence-corrected chi connectivity index (χ3v) is 1.25. The van der Waals surface area contributed by atoms with Crippen molar-refractivity contribution < 1.29 is 0 Å². The van der Waals surface area contributed by atoms with E-state index < -0.39 is 0 Å². The quantitative estimate of drug-likeness (QED) is 0.497. The van der Waals surface area contributed by atoms with Crippen LogP contribution >= 0.6 is 12.6 Å². The molecule has 0 unspecified atom stereocenters. The molecule has 0 radical (unpaired) electrons. The topological polar surface area (TPSA) is 25.8 Å². The van der Waals surface area contributed by atoms with Crippen LogP contribution in [0.3, 0.4) is 0 Å². The molecular weight excluding hydrogens is 156 g/mol. The van der Waals surface area contributed by atoms with Crippen LogP contribution in [0.15, 0.2) is 18.7 Å². The maximum atomic E-state index is 4.03. The largest absolute Gasteiger partial charge is 0.244 e. The summed E-state index contributed by atoms with van der Waals surface area (Å²) in [4.78, 5) is 7.66. The fourth-order valence-electron chi connectivity index (χ4n) is 0.584. The van der Waals surface area contributed by atoms with Crippen LogP contribution in [-0.2, 0) is 0 Å². The minimum Gasteiger partial charge on any atom is -0.244 e. The number of hydrogen-bond donors (Lipinski definition) is 1. The number of nitrogens with zero attached hydrogens (tertiary/aromatic N) is 2. The van der Waals surface area contributed by atoms with Gasteiger partial charge in [-0.3, -0.25) is 0 Å². The Hall–Kier alpha value is -1.01. The van der Waals surface area contributed by atoms with Crippen molar-refractivity contribution >= 4 is 12.6 Å². The van der Waals surface area contributed by atoms with E-state index in [0.717, 1.165) is 17.7 Å². The van der Waals surface area contributed by atoms with Crippen molar-refractivity contribution in [3.05, 3.63) is 24.3 Å². The molecule has 0 bridgehead atoms. The lowest BCUT2D eigenvalue weighted by Gasteiger charge is -1.84. The number of aromatic nitrogens is 2. The first kappa shape index (κ1) is 8.09. The zero-order valence-electron chi connectivity index (χ0n) is 5.99. The highest BCUT2D eigenvalue weighted by Gasteiger charge is 1.81. The summed E-state index contributed by atoms with van der Waals surface area (Å²) in [5, 5.41) is 0. The van der Waals surface area contributed by atoms with Gasteiger partial charge in [0.1, 0.15) is 6.33 Å². The molecule has 0 aliphatic rings. The van der Waals surface area contributed by atoms with Gasteiger partial charge in [-0.2, -0.15) is 12.6 Å². The summed E-state index contributed by atoms with van der Waals surface area (Å²) < 4.78 is 0. The molecule has 0 atom stereocenters. The van der Waals surface area contributed by atoms with Gasteiger partial charge < -0.3 is 0 Å². The van der Waals surface area contributed by atoms with E-state index in [1.54, 1.807) is 12.4 Å². The summed E-state index contributed by atoms with van der Waals surface area (Å²) in [5.74, 6) is 6.66. The van der Waals surface area contributed by atoms with E-state index in [2.05, 4.69) is 34.4 Å². The third kappa shape index (κ3) is 3.06. The average molecular weight is 164 g/mol. The summed E-state index contributed by atoms with van der Waals surface area (Å²) in [5.41, 5.74) is 0.856. The lowest BCUT2D eigenvalue weighted by atomic mass is 10.3. The Bertz CT molecular complexity index is 260. The molecule has 1 rings (SSSR count). The molecule has 0 saturated carbocycles. The van der Waals surface area contributed by atoms with Crippen molar-refractivity contribution in [2.75, 3.05) is 5.75 Å². The van der Waals surface area contributed by atoms with Gasteiger partial charge in [0.2, 0.25) is 0 Å². The predicted octanol–water partition coefficient (Wildman–Crippen LogP) is 1.15. The second kappa shape index (κ2) is 4.75. The molecule has 0 aromatic carbocycles. The minimum atomic E-state index is 0.792. The van der Waals surface area contributed by atoms with Crippen molar-refractivity contribution in [2.24, 2.45) is 0 Å². The second-order valence-corrected chi connectivity index (χ2v) is 2.35. The molecule has 1 heterocycles. The first-order valence-electron chi connectivity index (χ1n) is 3.28. The van der Waals surface area contributed by atoms with Gasteiger partial charge >= 0.3 is 0 Å². The Morgan fingerprint density at radius 3 is 2.73 bits per heavy atom. The molecule has 3 heteroatoms. The van der Waals surface area contributed by atoms with Crippen molar-refractivity contribution in [3.63, 3.8) is 0 Å². The van der Waals surface area contributed by atoms with Crippen molar-refractivity contribution in [1.82, 2.24) is 9.97 Å². The first-order valence-corrected chi connectivity index (χ1v) is 3.91. The molecule has 2 nitrogen and oxygen atoms in total. The number of thiol groups is 1. The highest BCUT2D eigenvalue weighted by molar-refractivity contribution is 7.80. The van der Waals surface area contributed by atoms with Gasteiger partial charge in [0.05, 0.1) is 5.56 Å². The van der Waals surface area contributed by atoms with Gasteiger partial charge in [-0.1, -0.05) is 11.8 Å². The second-order valence-electron chi connectivity index (χ2n) is 1.90.